The molecule has 0 fully saturated rings. The summed E-state index contributed by atoms with van der Waals surface area (Å²) in [5.74, 6) is 0. The minimum atomic E-state index is -0.639. The molecule has 15 heavy (non-hydrogen) atoms. The smallest absolute Gasteiger partial charge is 0.323 e. The number of nitrogens with zero attached hydrogens (tertiary/aromatic N) is 3. The van der Waals surface area contributed by atoms with Crippen LogP contribution in [0.25, 0.3) is 0 Å². The van der Waals surface area contributed by atoms with E-state index in [9.17, 15) is 4.79 Å². The molecule has 0 aromatic rings. The Morgan fingerprint density at radius 2 is 2.13 bits per heavy atom. The van der Waals surface area contributed by atoms with Gasteiger partial charge in [-0.15, -0.1) is 0 Å². The summed E-state index contributed by atoms with van der Waals surface area (Å²) in [6.07, 6.45) is -0.639. The van der Waals surface area contributed by atoms with Crippen LogP contribution in [-0.4, -0.2) is 25.4 Å². The molecule has 0 aliphatic rings. The van der Waals surface area contributed by atoms with Crippen molar-refractivity contribution >= 4 is 11.8 Å². The van der Waals surface area contributed by atoms with Crippen LogP contribution in [0.5, 0.6) is 0 Å². The van der Waals surface area contributed by atoms with Crippen molar-refractivity contribution in [1.82, 2.24) is 10.2 Å². The van der Waals surface area contributed by atoms with Crippen molar-refractivity contribution in [3.63, 3.8) is 0 Å². The third-order valence-corrected chi connectivity index (χ3v) is 1.60. The SMILES string of the molecule is CNC(=O)O/N=C(\CN=[N+]=N)C(C)(C)C. The van der Waals surface area contributed by atoms with E-state index in [1.165, 1.54) is 7.05 Å². The number of carbonyl (C=O) groups is 1. The molecule has 0 radical (unpaired) electrons. The lowest BCUT2D eigenvalue weighted by Crippen LogP contribution is -2.25. The van der Waals surface area contributed by atoms with Crippen molar-refractivity contribution in [2.75, 3.05) is 13.6 Å². The summed E-state index contributed by atoms with van der Waals surface area (Å²) in [5, 5.41) is 9.43. The van der Waals surface area contributed by atoms with E-state index < -0.39 is 6.09 Å². The molecular weight excluding hydrogens is 198 g/mol. The van der Waals surface area contributed by atoms with Crippen molar-refractivity contribution in [1.29, 1.82) is 5.53 Å². The van der Waals surface area contributed by atoms with E-state index in [1.807, 2.05) is 20.8 Å². The Morgan fingerprint density at radius 3 is 2.53 bits per heavy atom. The average Bonchev–Trinajstić information content (AvgIpc) is 2.15. The second kappa shape index (κ2) is 5.87. The summed E-state index contributed by atoms with van der Waals surface area (Å²) in [7, 11) is 1.44. The first-order chi connectivity index (χ1) is 6.91. The molecule has 84 valence electrons. The molecule has 0 heterocycles. The normalized spacial score (nSPS) is 11.6. The van der Waals surface area contributed by atoms with Gasteiger partial charge < -0.3 is 5.32 Å². The van der Waals surface area contributed by atoms with Crippen LogP contribution in [0, 0.1) is 10.9 Å². The topological polar surface area (TPSA) is 101 Å². The molecule has 0 saturated heterocycles. The molecule has 0 atom stereocenters. The molecule has 0 aromatic carbocycles. The molecule has 0 unspecified atom stereocenters. The highest BCUT2D eigenvalue weighted by Crippen LogP contribution is 2.16. The van der Waals surface area contributed by atoms with Crippen molar-refractivity contribution in [2.45, 2.75) is 20.8 Å². The first-order valence-corrected chi connectivity index (χ1v) is 4.41. The van der Waals surface area contributed by atoms with Gasteiger partial charge in [0.15, 0.2) is 6.54 Å². The number of amides is 1. The third kappa shape index (κ3) is 5.53. The van der Waals surface area contributed by atoms with Crippen molar-refractivity contribution in [3.05, 3.63) is 0 Å². The first kappa shape index (κ1) is 13.2. The Balaban J connectivity index is 4.62. The van der Waals surface area contributed by atoms with Crippen LogP contribution in [0.2, 0.25) is 0 Å². The number of carbonyl (C=O) groups excluding carboxylic acids is 1. The molecule has 7 nitrogen and oxygen atoms in total. The fraction of sp³-hybridized carbons (Fsp3) is 0.750. The van der Waals surface area contributed by atoms with Gasteiger partial charge in [-0.25, -0.2) is 4.79 Å². The van der Waals surface area contributed by atoms with Gasteiger partial charge in [0.1, 0.15) is 10.6 Å². The Kier molecular flexibility index (Phi) is 5.19. The van der Waals surface area contributed by atoms with E-state index in [4.69, 9.17) is 5.53 Å². The van der Waals surface area contributed by atoms with E-state index in [-0.39, 0.29) is 12.0 Å². The maximum atomic E-state index is 10.8. The second-order valence-corrected chi connectivity index (χ2v) is 3.82. The predicted molar refractivity (Wildman–Crippen MR) is 54.6 cm³/mol. The Bertz CT molecular complexity index is 299. The second-order valence-electron chi connectivity index (χ2n) is 3.82. The molecule has 2 N–H and O–H groups in total. The fourth-order valence-electron chi connectivity index (χ4n) is 0.647. The lowest BCUT2D eigenvalue weighted by Gasteiger charge is -2.17. The van der Waals surface area contributed by atoms with Crippen LogP contribution in [0.15, 0.2) is 10.3 Å². The summed E-state index contributed by atoms with van der Waals surface area (Å²) < 4.78 is 0. The number of rotatable bonds is 3. The Labute approximate surface area is 88.1 Å². The molecule has 1 amide bonds. The van der Waals surface area contributed by atoms with E-state index >= 15 is 0 Å². The maximum Gasteiger partial charge on any atom is 0.433 e. The lowest BCUT2D eigenvalue weighted by atomic mass is 9.90. The van der Waals surface area contributed by atoms with Crippen molar-refractivity contribution in [3.8, 4) is 0 Å². The molecule has 0 saturated carbocycles. The monoisotopic (exact) mass is 214 g/mol. The predicted octanol–water partition coefficient (Wildman–Crippen LogP) is 1.29. The highest BCUT2D eigenvalue weighted by Gasteiger charge is 2.21. The van der Waals surface area contributed by atoms with Crippen LogP contribution in [-0.2, 0) is 4.84 Å². The largest absolute Gasteiger partial charge is 0.433 e. The Morgan fingerprint density at radius 1 is 1.53 bits per heavy atom. The van der Waals surface area contributed by atoms with Crippen molar-refractivity contribution < 1.29 is 9.63 Å². The standard InChI is InChI=1S/C8H15N5O2/c1-8(2,3)6(5-11-13-9)12-15-7(14)10-4/h9H,5H2,1-4H3/p+1/b12-6+. The van der Waals surface area contributed by atoms with Gasteiger partial charge in [-0.2, -0.15) is 0 Å². The highest BCUT2D eigenvalue weighted by atomic mass is 16.7. The fourth-order valence-corrected chi connectivity index (χ4v) is 0.647. The molecule has 7 heteroatoms. The van der Waals surface area contributed by atoms with Gasteiger partial charge >= 0.3 is 6.09 Å². The van der Waals surface area contributed by atoms with Gasteiger partial charge in [0, 0.05) is 12.5 Å². The number of hydrogen-bond donors (Lipinski definition) is 2. The minimum absolute atomic E-state index is 0.143. The van der Waals surface area contributed by atoms with Crippen LogP contribution < -0.4 is 10.2 Å². The summed E-state index contributed by atoms with van der Waals surface area (Å²) in [4.78, 5) is 18.2. The van der Waals surface area contributed by atoms with Gasteiger partial charge in [0.25, 0.3) is 0 Å². The first-order valence-electron chi connectivity index (χ1n) is 4.41. The van der Waals surface area contributed by atoms with Gasteiger partial charge in [0.2, 0.25) is 4.91 Å². The summed E-state index contributed by atoms with van der Waals surface area (Å²) in [6.45, 7) is 5.85. The zero-order valence-electron chi connectivity index (χ0n) is 9.37. The quantitative estimate of drug-likeness (QED) is 0.243. The van der Waals surface area contributed by atoms with Crippen LogP contribution >= 0.6 is 0 Å². The third-order valence-electron chi connectivity index (χ3n) is 1.60. The Hall–Kier alpha value is -1.75. The summed E-state index contributed by atoms with van der Waals surface area (Å²) in [6, 6.07) is 0. The summed E-state index contributed by atoms with van der Waals surface area (Å²) in [5.41, 5.74) is 6.79. The van der Waals surface area contributed by atoms with Crippen LogP contribution in [0.1, 0.15) is 20.8 Å². The molecule has 0 spiro atoms. The molecular formula is C8H16N5O2+. The van der Waals surface area contributed by atoms with Gasteiger partial charge in [-0.3, -0.25) is 4.84 Å². The maximum absolute atomic E-state index is 10.8. The average molecular weight is 214 g/mol. The van der Waals surface area contributed by atoms with E-state index in [0.29, 0.717) is 5.71 Å². The number of nitrogens with one attached hydrogen (secondary N) is 2. The van der Waals surface area contributed by atoms with Crippen molar-refractivity contribution in [2.24, 2.45) is 15.7 Å². The summed E-state index contributed by atoms with van der Waals surface area (Å²) >= 11 is 0. The van der Waals surface area contributed by atoms with E-state index in [2.05, 4.69) is 25.3 Å². The van der Waals surface area contributed by atoms with E-state index in [1.54, 1.807) is 0 Å². The lowest BCUT2D eigenvalue weighted by molar-refractivity contribution is 0.151. The minimum Gasteiger partial charge on any atom is -0.323 e. The molecule has 0 aliphatic heterocycles. The highest BCUT2D eigenvalue weighted by molar-refractivity contribution is 5.91. The molecule has 0 bridgehead atoms. The number of hydrogen-bond acceptors (Lipinski definition) is 5. The van der Waals surface area contributed by atoms with Crippen LogP contribution in [0.4, 0.5) is 4.79 Å². The van der Waals surface area contributed by atoms with Gasteiger partial charge in [-0.1, -0.05) is 25.9 Å². The molecule has 0 aliphatic carbocycles. The van der Waals surface area contributed by atoms with E-state index in [0.717, 1.165) is 0 Å². The zero-order valence-corrected chi connectivity index (χ0v) is 9.37. The number of oxime groups is 1. The van der Waals surface area contributed by atoms with Gasteiger partial charge in [-0.05, 0) is 0 Å². The molecule has 0 rings (SSSR count). The zero-order chi connectivity index (χ0) is 11.9. The van der Waals surface area contributed by atoms with Gasteiger partial charge in [0.05, 0.1) is 5.71 Å². The molecule has 0 aromatic heterocycles. The van der Waals surface area contributed by atoms with Crippen LogP contribution in [0.3, 0.4) is 0 Å².